The fourth-order valence-electron chi connectivity index (χ4n) is 1.52. The number of imidazole rings is 1. The number of amides is 1. The minimum absolute atomic E-state index is 0.0799. The number of hydrogen-bond donors (Lipinski definition) is 1. The molecular formula is C11H15N5O. The second-order valence-electron chi connectivity index (χ2n) is 3.81. The van der Waals surface area contributed by atoms with Gasteiger partial charge in [-0.1, -0.05) is 0 Å². The summed E-state index contributed by atoms with van der Waals surface area (Å²) in [6.07, 6.45) is 9.55. The van der Waals surface area contributed by atoms with E-state index in [1.807, 2.05) is 10.8 Å². The van der Waals surface area contributed by atoms with Crippen LogP contribution in [0.25, 0.3) is 0 Å². The third kappa shape index (κ3) is 3.17. The summed E-state index contributed by atoms with van der Waals surface area (Å²) in [6, 6.07) is 0. The zero-order valence-corrected chi connectivity index (χ0v) is 9.71. The number of nitrogens with zero attached hydrogens (tertiary/aromatic N) is 4. The molecule has 0 fully saturated rings. The molecule has 2 heterocycles. The highest BCUT2D eigenvalue weighted by molar-refractivity contribution is 5.93. The van der Waals surface area contributed by atoms with Crippen molar-refractivity contribution in [1.82, 2.24) is 24.6 Å². The summed E-state index contributed by atoms with van der Waals surface area (Å²) in [5.74, 6) is -0.0799. The summed E-state index contributed by atoms with van der Waals surface area (Å²) in [6.45, 7) is 1.50. The topological polar surface area (TPSA) is 64.7 Å². The summed E-state index contributed by atoms with van der Waals surface area (Å²) in [7, 11) is 1.79. The van der Waals surface area contributed by atoms with Crippen molar-refractivity contribution in [2.75, 3.05) is 6.54 Å². The van der Waals surface area contributed by atoms with E-state index in [2.05, 4.69) is 15.4 Å². The molecular weight excluding hydrogens is 218 g/mol. The van der Waals surface area contributed by atoms with Crippen molar-refractivity contribution in [2.45, 2.75) is 13.0 Å². The van der Waals surface area contributed by atoms with Crippen molar-refractivity contribution >= 4 is 5.91 Å². The highest BCUT2D eigenvalue weighted by Crippen LogP contribution is 1.96. The van der Waals surface area contributed by atoms with Gasteiger partial charge in [-0.25, -0.2) is 4.98 Å². The fourth-order valence-corrected chi connectivity index (χ4v) is 1.52. The van der Waals surface area contributed by atoms with Gasteiger partial charge in [-0.2, -0.15) is 5.10 Å². The molecule has 0 saturated carbocycles. The first-order valence-electron chi connectivity index (χ1n) is 5.48. The van der Waals surface area contributed by atoms with Gasteiger partial charge in [0.15, 0.2) is 0 Å². The normalized spacial score (nSPS) is 10.4. The molecule has 0 spiro atoms. The Morgan fingerprint density at radius 3 is 3.06 bits per heavy atom. The van der Waals surface area contributed by atoms with E-state index in [1.165, 1.54) is 0 Å². The molecule has 0 unspecified atom stereocenters. The summed E-state index contributed by atoms with van der Waals surface area (Å²) in [4.78, 5) is 15.6. The summed E-state index contributed by atoms with van der Waals surface area (Å²) in [5.41, 5.74) is 0.593. The molecule has 0 aliphatic carbocycles. The van der Waals surface area contributed by atoms with Crippen molar-refractivity contribution < 1.29 is 4.79 Å². The third-order valence-corrected chi connectivity index (χ3v) is 2.40. The lowest BCUT2D eigenvalue weighted by Crippen LogP contribution is -2.24. The molecule has 6 heteroatoms. The predicted molar refractivity (Wildman–Crippen MR) is 62.4 cm³/mol. The average Bonchev–Trinajstić information content (AvgIpc) is 2.95. The van der Waals surface area contributed by atoms with Crippen LogP contribution >= 0.6 is 0 Å². The molecule has 2 aromatic heterocycles. The molecule has 0 radical (unpaired) electrons. The van der Waals surface area contributed by atoms with Crippen LogP contribution < -0.4 is 5.32 Å². The van der Waals surface area contributed by atoms with Crippen molar-refractivity contribution in [3.05, 3.63) is 36.7 Å². The van der Waals surface area contributed by atoms with Gasteiger partial charge in [0.2, 0.25) is 0 Å². The Kier molecular flexibility index (Phi) is 3.54. The van der Waals surface area contributed by atoms with Gasteiger partial charge in [-0.05, 0) is 6.42 Å². The third-order valence-electron chi connectivity index (χ3n) is 2.40. The molecule has 2 aromatic rings. The molecule has 0 aromatic carbocycles. The molecule has 2 rings (SSSR count). The van der Waals surface area contributed by atoms with Crippen LogP contribution in [0, 0.1) is 0 Å². The maximum Gasteiger partial charge on any atom is 0.254 e. The molecule has 0 atom stereocenters. The van der Waals surface area contributed by atoms with Gasteiger partial charge in [0.1, 0.15) is 0 Å². The highest BCUT2D eigenvalue weighted by Gasteiger charge is 2.06. The van der Waals surface area contributed by atoms with Crippen molar-refractivity contribution in [2.24, 2.45) is 7.05 Å². The van der Waals surface area contributed by atoms with E-state index < -0.39 is 0 Å². The second kappa shape index (κ2) is 5.29. The number of rotatable bonds is 5. The van der Waals surface area contributed by atoms with E-state index in [1.54, 1.807) is 36.6 Å². The first kappa shape index (κ1) is 11.4. The van der Waals surface area contributed by atoms with E-state index in [0.717, 1.165) is 13.0 Å². The van der Waals surface area contributed by atoms with Crippen LogP contribution in [0.15, 0.2) is 31.1 Å². The van der Waals surface area contributed by atoms with Gasteiger partial charge in [0.25, 0.3) is 5.91 Å². The first-order valence-corrected chi connectivity index (χ1v) is 5.48. The lowest BCUT2D eigenvalue weighted by molar-refractivity contribution is 0.0952. The van der Waals surface area contributed by atoms with Gasteiger partial charge in [-0.15, -0.1) is 0 Å². The number of aromatic nitrogens is 4. The van der Waals surface area contributed by atoms with Gasteiger partial charge < -0.3 is 9.88 Å². The smallest absolute Gasteiger partial charge is 0.254 e. The number of carbonyl (C=O) groups is 1. The maximum atomic E-state index is 11.6. The Morgan fingerprint density at radius 1 is 1.53 bits per heavy atom. The average molecular weight is 233 g/mol. The van der Waals surface area contributed by atoms with E-state index in [0.29, 0.717) is 12.1 Å². The number of hydrogen-bond acceptors (Lipinski definition) is 3. The maximum absolute atomic E-state index is 11.6. The van der Waals surface area contributed by atoms with Crippen LogP contribution in [0.3, 0.4) is 0 Å². The zero-order chi connectivity index (χ0) is 12.1. The second-order valence-corrected chi connectivity index (χ2v) is 3.81. The Morgan fingerprint density at radius 2 is 2.41 bits per heavy atom. The Hall–Kier alpha value is -2.11. The van der Waals surface area contributed by atoms with E-state index in [9.17, 15) is 4.79 Å². The predicted octanol–water partition coefficient (Wildman–Crippen LogP) is 0.437. The van der Waals surface area contributed by atoms with Crippen LogP contribution in [-0.2, 0) is 13.6 Å². The highest BCUT2D eigenvalue weighted by atomic mass is 16.1. The molecule has 0 bridgehead atoms. The minimum Gasteiger partial charge on any atom is -0.352 e. The molecule has 0 aliphatic rings. The molecule has 0 saturated heterocycles. The zero-order valence-electron chi connectivity index (χ0n) is 9.71. The van der Waals surface area contributed by atoms with Gasteiger partial charge in [0, 0.05) is 38.7 Å². The van der Waals surface area contributed by atoms with Crippen LogP contribution in [0.1, 0.15) is 16.8 Å². The minimum atomic E-state index is -0.0799. The lowest BCUT2D eigenvalue weighted by atomic mass is 10.3. The van der Waals surface area contributed by atoms with E-state index in [-0.39, 0.29) is 5.91 Å². The van der Waals surface area contributed by atoms with Crippen LogP contribution in [-0.4, -0.2) is 31.8 Å². The number of aryl methyl sites for hydroxylation is 2. The van der Waals surface area contributed by atoms with Crippen LogP contribution in [0.4, 0.5) is 0 Å². The molecule has 0 aliphatic heterocycles. The van der Waals surface area contributed by atoms with Crippen LogP contribution in [0.5, 0.6) is 0 Å². The fraction of sp³-hybridized carbons (Fsp3) is 0.364. The Labute approximate surface area is 99.3 Å². The summed E-state index contributed by atoms with van der Waals surface area (Å²) >= 11 is 0. The Bertz CT molecular complexity index is 474. The monoisotopic (exact) mass is 233 g/mol. The number of carbonyl (C=O) groups excluding carboxylic acids is 1. The number of nitrogens with one attached hydrogen (secondary N) is 1. The molecule has 6 nitrogen and oxygen atoms in total. The molecule has 1 N–H and O–H groups in total. The van der Waals surface area contributed by atoms with Gasteiger partial charge >= 0.3 is 0 Å². The van der Waals surface area contributed by atoms with E-state index in [4.69, 9.17) is 0 Å². The van der Waals surface area contributed by atoms with Gasteiger partial charge in [0.05, 0.1) is 18.1 Å². The molecule has 17 heavy (non-hydrogen) atoms. The summed E-state index contributed by atoms with van der Waals surface area (Å²) < 4.78 is 3.59. The summed E-state index contributed by atoms with van der Waals surface area (Å²) in [5, 5.41) is 6.80. The van der Waals surface area contributed by atoms with Crippen molar-refractivity contribution in [1.29, 1.82) is 0 Å². The largest absolute Gasteiger partial charge is 0.352 e. The van der Waals surface area contributed by atoms with Crippen LogP contribution in [0.2, 0.25) is 0 Å². The SMILES string of the molecule is Cn1cc(C(=O)NCCCn2ccnc2)cn1. The quantitative estimate of drug-likeness (QED) is 0.762. The Balaban J connectivity index is 1.70. The lowest BCUT2D eigenvalue weighted by Gasteiger charge is -2.04. The van der Waals surface area contributed by atoms with Gasteiger partial charge in [-0.3, -0.25) is 9.48 Å². The standard InChI is InChI=1S/C11H15N5O/c1-15-8-10(7-14-15)11(17)13-3-2-5-16-6-4-12-9-16/h4,6-9H,2-3,5H2,1H3,(H,13,17). The van der Waals surface area contributed by atoms with E-state index >= 15 is 0 Å². The first-order chi connectivity index (χ1) is 8.25. The van der Waals surface area contributed by atoms with Crippen molar-refractivity contribution in [3.63, 3.8) is 0 Å². The molecule has 1 amide bonds. The van der Waals surface area contributed by atoms with Crippen molar-refractivity contribution in [3.8, 4) is 0 Å². The molecule has 90 valence electrons.